The molecule has 1 heterocycles. The van der Waals surface area contributed by atoms with Crippen LogP contribution < -0.4 is 15.5 Å². The number of carboxylic acid groups (broad SMARTS) is 1. The number of nitrogens with zero attached hydrogens (tertiary/aromatic N) is 2. The van der Waals surface area contributed by atoms with Gasteiger partial charge in [-0.2, -0.15) is 0 Å². The van der Waals surface area contributed by atoms with E-state index in [1.54, 1.807) is 19.1 Å². The maximum Gasteiger partial charge on any atom is 0.323 e. The fourth-order valence-corrected chi connectivity index (χ4v) is 4.04. The molecule has 0 bridgehead atoms. The van der Waals surface area contributed by atoms with Gasteiger partial charge >= 0.3 is 12.0 Å². The number of carboxylic acids is 1. The largest absolute Gasteiger partial charge is 0.480 e. The molecule has 1 aliphatic heterocycles. The summed E-state index contributed by atoms with van der Waals surface area (Å²) in [5, 5.41) is 15.2. The standard InChI is InChI=1S/C24H30N4O4/c1-4-22(29)28-16(3)14-20(19-8-6-7-9-21(19)28)25-17-10-12-18(13-11-17)26-24(32)27(5-2)15-23(30)31/h6-13,16,20,25H,4-5,14-15H2,1-3H3,(H,26,32)(H,30,31)/t16-,20+/m0/s1. The smallest absolute Gasteiger partial charge is 0.323 e. The Morgan fingerprint density at radius 3 is 2.34 bits per heavy atom. The van der Waals surface area contributed by atoms with Crippen LogP contribution in [0.1, 0.15) is 45.2 Å². The first-order valence-corrected chi connectivity index (χ1v) is 10.9. The highest BCUT2D eigenvalue weighted by Crippen LogP contribution is 2.39. The highest BCUT2D eigenvalue weighted by molar-refractivity contribution is 5.95. The summed E-state index contributed by atoms with van der Waals surface area (Å²) in [5.74, 6) is -0.935. The Morgan fingerprint density at radius 1 is 1.06 bits per heavy atom. The molecule has 3 rings (SSSR count). The molecule has 0 unspecified atom stereocenters. The van der Waals surface area contributed by atoms with E-state index < -0.39 is 12.0 Å². The number of para-hydroxylation sites is 1. The van der Waals surface area contributed by atoms with E-state index in [4.69, 9.17) is 5.11 Å². The minimum Gasteiger partial charge on any atom is -0.480 e. The Labute approximate surface area is 188 Å². The van der Waals surface area contributed by atoms with E-state index in [0.29, 0.717) is 18.7 Å². The molecule has 0 saturated carbocycles. The van der Waals surface area contributed by atoms with Gasteiger partial charge in [-0.1, -0.05) is 25.1 Å². The van der Waals surface area contributed by atoms with E-state index in [2.05, 4.69) is 17.6 Å². The first kappa shape index (κ1) is 23.1. The Morgan fingerprint density at radius 2 is 1.72 bits per heavy atom. The lowest BCUT2D eigenvalue weighted by molar-refractivity contribution is -0.137. The van der Waals surface area contributed by atoms with Crippen LogP contribution in [0.15, 0.2) is 48.5 Å². The average molecular weight is 439 g/mol. The average Bonchev–Trinajstić information content (AvgIpc) is 2.78. The van der Waals surface area contributed by atoms with Crippen LogP contribution in [0.4, 0.5) is 21.9 Å². The van der Waals surface area contributed by atoms with Crippen LogP contribution in [-0.2, 0) is 9.59 Å². The van der Waals surface area contributed by atoms with Gasteiger partial charge in [0.05, 0.1) is 6.04 Å². The minimum atomic E-state index is -1.05. The Balaban J connectivity index is 1.72. The van der Waals surface area contributed by atoms with Crippen molar-refractivity contribution in [3.63, 3.8) is 0 Å². The maximum atomic E-state index is 12.5. The lowest BCUT2D eigenvalue weighted by Crippen LogP contribution is -2.44. The lowest BCUT2D eigenvalue weighted by Gasteiger charge is -2.40. The number of amides is 3. The van der Waals surface area contributed by atoms with Crippen LogP contribution in [0, 0.1) is 0 Å². The van der Waals surface area contributed by atoms with Crippen molar-refractivity contribution in [1.29, 1.82) is 0 Å². The zero-order valence-corrected chi connectivity index (χ0v) is 18.7. The van der Waals surface area contributed by atoms with Crippen LogP contribution in [0.25, 0.3) is 0 Å². The summed E-state index contributed by atoms with van der Waals surface area (Å²) in [6.07, 6.45) is 1.24. The molecular formula is C24H30N4O4. The van der Waals surface area contributed by atoms with E-state index in [1.807, 2.05) is 48.2 Å². The van der Waals surface area contributed by atoms with E-state index in [-0.39, 0.29) is 24.5 Å². The molecule has 0 aliphatic carbocycles. The fraction of sp³-hybridized carbons (Fsp3) is 0.375. The third-order valence-electron chi connectivity index (χ3n) is 5.63. The van der Waals surface area contributed by atoms with Gasteiger partial charge in [0.1, 0.15) is 6.54 Å². The maximum absolute atomic E-state index is 12.5. The highest BCUT2D eigenvalue weighted by atomic mass is 16.4. The van der Waals surface area contributed by atoms with Gasteiger partial charge < -0.3 is 25.5 Å². The molecule has 0 fully saturated rings. The summed E-state index contributed by atoms with van der Waals surface area (Å²) < 4.78 is 0. The number of likely N-dealkylation sites (N-methyl/N-ethyl adjacent to an activating group) is 1. The van der Waals surface area contributed by atoms with Gasteiger partial charge in [-0.05, 0) is 56.2 Å². The van der Waals surface area contributed by atoms with Gasteiger partial charge in [-0.25, -0.2) is 4.79 Å². The minimum absolute atomic E-state index is 0.0497. The summed E-state index contributed by atoms with van der Waals surface area (Å²) >= 11 is 0. The molecule has 32 heavy (non-hydrogen) atoms. The number of hydrogen-bond acceptors (Lipinski definition) is 4. The molecular weight excluding hydrogens is 408 g/mol. The molecule has 0 spiro atoms. The van der Waals surface area contributed by atoms with Crippen molar-refractivity contribution in [1.82, 2.24) is 4.90 Å². The van der Waals surface area contributed by atoms with Crippen LogP contribution in [0.2, 0.25) is 0 Å². The van der Waals surface area contributed by atoms with Gasteiger partial charge in [0, 0.05) is 36.1 Å². The molecule has 170 valence electrons. The molecule has 2 atom stereocenters. The molecule has 1 aliphatic rings. The second-order valence-corrected chi connectivity index (χ2v) is 7.87. The molecule has 3 amide bonds. The lowest BCUT2D eigenvalue weighted by atomic mass is 9.91. The third kappa shape index (κ3) is 5.19. The normalized spacial score (nSPS) is 17.3. The zero-order chi connectivity index (χ0) is 23.3. The molecule has 3 N–H and O–H groups in total. The third-order valence-corrected chi connectivity index (χ3v) is 5.63. The number of carbonyl (C=O) groups excluding carboxylic acids is 2. The van der Waals surface area contributed by atoms with Crippen LogP contribution in [-0.4, -0.2) is 47.0 Å². The molecule has 2 aromatic rings. The van der Waals surface area contributed by atoms with Gasteiger partial charge in [0.25, 0.3) is 0 Å². The van der Waals surface area contributed by atoms with Crippen molar-refractivity contribution in [3.05, 3.63) is 54.1 Å². The molecule has 0 saturated heterocycles. The number of urea groups is 1. The molecule has 2 aromatic carbocycles. The van der Waals surface area contributed by atoms with Crippen LogP contribution >= 0.6 is 0 Å². The highest BCUT2D eigenvalue weighted by Gasteiger charge is 2.32. The van der Waals surface area contributed by atoms with Crippen LogP contribution in [0.3, 0.4) is 0 Å². The van der Waals surface area contributed by atoms with Crippen molar-refractivity contribution in [3.8, 4) is 0 Å². The predicted molar refractivity (Wildman–Crippen MR) is 125 cm³/mol. The quantitative estimate of drug-likeness (QED) is 0.598. The van der Waals surface area contributed by atoms with Crippen molar-refractivity contribution in [2.24, 2.45) is 0 Å². The number of benzene rings is 2. The first-order valence-electron chi connectivity index (χ1n) is 10.9. The van der Waals surface area contributed by atoms with Crippen LogP contribution in [0.5, 0.6) is 0 Å². The van der Waals surface area contributed by atoms with Gasteiger partial charge in [-0.15, -0.1) is 0 Å². The number of aliphatic carboxylic acids is 1. The van der Waals surface area contributed by atoms with E-state index >= 15 is 0 Å². The number of anilines is 3. The monoisotopic (exact) mass is 438 g/mol. The number of fused-ring (bicyclic) bond motifs is 1. The summed E-state index contributed by atoms with van der Waals surface area (Å²) in [6, 6.07) is 14.9. The van der Waals surface area contributed by atoms with Crippen molar-refractivity contribution >= 4 is 35.0 Å². The summed E-state index contributed by atoms with van der Waals surface area (Å²) in [5.41, 5.74) is 3.50. The van der Waals surface area contributed by atoms with Crippen molar-refractivity contribution in [2.75, 3.05) is 28.6 Å². The zero-order valence-electron chi connectivity index (χ0n) is 18.7. The number of carbonyl (C=O) groups is 3. The summed E-state index contributed by atoms with van der Waals surface area (Å²) in [4.78, 5) is 38.8. The Bertz CT molecular complexity index is 976. The molecule has 0 aromatic heterocycles. The van der Waals surface area contributed by atoms with Crippen molar-refractivity contribution in [2.45, 2.75) is 45.7 Å². The number of hydrogen-bond donors (Lipinski definition) is 3. The topological polar surface area (TPSA) is 102 Å². The van der Waals surface area contributed by atoms with E-state index in [0.717, 1.165) is 23.4 Å². The number of nitrogens with one attached hydrogen (secondary N) is 2. The summed E-state index contributed by atoms with van der Waals surface area (Å²) in [6.45, 7) is 5.62. The summed E-state index contributed by atoms with van der Waals surface area (Å²) in [7, 11) is 0. The molecule has 0 radical (unpaired) electrons. The fourth-order valence-electron chi connectivity index (χ4n) is 4.04. The Kier molecular flexibility index (Phi) is 7.35. The van der Waals surface area contributed by atoms with Gasteiger partial charge in [0.15, 0.2) is 0 Å². The van der Waals surface area contributed by atoms with E-state index in [1.165, 1.54) is 4.90 Å². The predicted octanol–water partition coefficient (Wildman–Crippen LogP) is 4.31. The molecule has 8 heteroatoms. The second kappa shape index (κ2) is 10.2. The number of rotatable bonds is 7. The SMILES string of the molecule is CCC(=O)N1c2ccccc2[C@H](Nc2ccc(NC(=O)N(CC)CC(=O)O)cc2)C[C@@H]1C. The van der Waals surface area contributed by atoms with E-state index in [9.17, 15) is 14.4 Å². The van der Waals surface area contributed by atoms with Gasteiger partial charge in [-0.3, -0.25) is 9.59 Å². The second-order valence-electron chi connectivity index (χ2n) is 7.87. The van der Waals surface area contributed by atoms with Crippen molar-refractivity contribution < 1.29 is 19.5 Å². The van der Waals surface area contributed by atoms with Gasteiger partial charge in [0.2, 0.25) is 5.91 Å². The first-order chi connectivity index (χ1) is 15.3. The molecule has 8 nitrogen and oxygen atoms in total. The Hall–Kier alpha value is -3.55.